The summed E-state index contributed by atoms with van der Waals surface area (Å²) in [6, 6.07) is 7.62. The summed E-state index contributed by atoms with van der Waals surface area (Å²) in [5.74, 6) is 2.48. The molecule has 0 saturated carbocycles. The summed E-state index contributed by atoms with van der Waals surface area (Å²) >= 11 is 0. The number of amides is 1. The van der Waals surface area contributed by atoms with E-state index in [1.807, 2.05) is 24.3 Å². The summed E-state index contributed by atoms with van der Waals surface area (Å²) in [7, 11) is 0. The van der Waals surface area contributed by atoms with Crippen LogP contribution in [0.3, 0.4) is 0 Å². The first-order chi connectivity index (χ1) is 12.0. The maximum Gasteiger partial charge on any atom is 0.255 e. The fourth-order valence-corrected chi connectivity index (χ4v) is 3.32. The SMILES string of the molecule is CCNC(=NCc1cccc(OCC(N)=O)c1)N1CC(C)CC(C)C1. The summed E-state index contributed by atoms with van der Waals surface area (Å²) in [5.41, 5.74) is 6.15. The normalized spacial score (nSPS) is 21.1. The summed E-state index contributed by atoms with van der Waals surface area (Å²) in [5, 5.41) is 3.40. The van der Waals surface area contributed by atoms with Gasteiger partial charge in [-0.15, -0.1) is 0 Å². The van der Waals surface area contributed by atoms with E-state index >= 15 is 0 Å². The molecule has 138 valence electrons. The Hall–Kier alpha value is -2.24. The number of ether oxygens (including phenoxy) is 1. The highest BCUT2D eigenvalue weighted by atomic mass is 16.5. The van der Waals surface area contributed by atoms with Crippen LogP contribution in [0, 0.1) is 11.8 Å². The van der Waals surface area contributed by atoms with Crippen LogP contribution >= 0.6 is 0 Å². The number of nitrogens with two attached hydrogens (primary N) is 1. The number of piperidine rings is 1. The number of carbonyl (C=O) groups is 1. The average Bonchev–Trinajstić information content (AvgIpc) is 2.56. The third kappa shape index (κ3) is 6.29. The highest BCUT2D eigenvalue weighted by Crippen LogP contribution is 2.21. The standard InChI is InChI=1S/C19H30N4O2/c1-4-21-19(23-11-14(2)8-15(3)12-23)22-10-16-6-5-7-17(9-16)25-13-18(20)24/h5-7,9,14-15H,4,8,10-13H2,1-3H3,(H2,20,24)(H,21,22). The molecule has 6 nitrogen and oxygen atoms in total. The van der Waals surface area contributed by atoms with Gasteiger partial charge in [0.15, 0.2) is 12.6 Å². The minimum Gasteiger partial charge on any atom is -0.484 e. The smallest absolute Gasteiger partial charge is 0.255 e. The van der Waals surface area contributed by atoms with Gasteiger partial charge in [0.1, 0.15) is 5.75 Å². The molecule has 6 heteroatoms. The van der Waals surface area contributed by atoms with Crippen LogP contribution in [0.1, 0.15) is 32.8 Å². The fraction of sp³-hybridized carbons (Fsp3) is 0.579. The van der Waals surface area contributed by atoms with Crippen molar-refractivity contribution in [2.24, 2.45) is 22.6 Å². The van der Waals surface area contributed by atoms with Crippen LogP contribution in [-0.2, 0) is 11.3 Å². The maximum absolute atomic E-state index is 10.8. The Morgan fingerprint density at radius 1 is 1.36 bits per heavy atom. The van der Waals surface area contributed by atoms with E-state index in [0.717, 1.165) is 31.2 Å². The number of primary amides is 1. The van der Waals surface area contributed by atoms with Gasteiger partial charge in [0.25, 0.3) is 5.91 Å². The van der Waals surface area contributed by atoms with Gasteiger partial charge in [-0.3, -0.25) is 4.79 Å². The lowest BCUT2D eigenvalue weighted by molar-refractivity contribution is -0.119. The second-order valence-electron chi connectivity index (χ2n) is 6.92. The number of rotatable bonds is 6. The van der Waals surface area contributed by atoms with Crippen LogP contribution in [0.4, 0.5) is 0 Å². The predicted octanol–water partition coefficient (Wildman–Crippen LogP) is 1.99. The lowest BCUT2D eigenvalue weighted by Crippen LogP contribution is -2.48. The van der Waals surface area contributed by atoms with Gasteiger partial charge < -0.3 is 20.7 Å². The molecule has 0 aliphatic carbocycles. The molecule has 1 aromatic rings. The van der Waals surface area contributed by atoms with Crippen molar-refractivity contribution < 1.29 is 9.53 Å². The zero-order valence-electron chi connectivity index (χ0n) is 15.5. The molecule has 1 saturated heterocycles. The van der Waals surface area contributed by atoms with E-state index in [4.69, 9.17) is 15.5 Å². The number of aliphatic imine (C=N–C) groups is 1. The molecule has 2 atom stereocenters. The molecule has 1 amide bonds. The number of likely N-dealkylation sites (tertiary alicyclic amines) is 1. The largest absolute Gasteiger partial charge is 0.484 e. The van der Waals surface area contributed by atoms with Gasteiger partial charge >= 0.3 is 0 Å². The number of carbonyl (C=O) groups excluding carboxylic acids is 1. The zero-order chi connectivity index (χ0) is 18.2. The highest BCUT2D eigenvalue weighted by Gasteiger charge is 2.23. The number of benzene rings is 1. The molecule has 1 fully saturated rings. The van der Waals surface area contributed by atoms with E-state index in [1.165, 1.54) is 6.42 Å². The monoisotopic (exact) mass is 346 g/mol. The van der Waals surface area contributed by atoms with Crippen molar-refractivity contribution in [3.8, 4) is 5.75 Å². The molecule has 1 aliphatic heterocycles. The topological polar surface area (TPSA) is 80.0 Å². The molecule has 1 aromatic carbocycles. The molecule has 1 heterocycles. The van der Waals surface area contributed by atoms with Gasteiger partial charge in [0, 0.05) is 19.6 Å². The van der Waals surface area contributed by atoms with Crippen molar-refractivity contribution in [1.29, 1.82) is 0 Å². The summed E-state index contributed by atoms with van der Waals surface area (Å²) < 4.78 is 5.36. The molecule has 0 spiro atoms. The van der Waals surface area contributed by atoms with E-state index in [-0.39, 0.29) is 6.61 Å². The molecular weight excluding hydrogens is 316 g/mol. The van der Waals surface area contributed by atoms with Crippen molar-refractivity contribution in [3.63, 3.8) is 0 Å². The predicted molar refractivity (Wildman–Crippen MR) is 100 cm³/mol. The maximum atomic E-state index is 10.8. The first-order valence-electron chi connectivity index (χ1n) is 9.01. The Balaban J connectivity index is 2.05. The molecule has 25 heavy (non-hydrogen) atoms. The van der Waals surface area contributed by atoms with Gasteiger partial charge in [-0.2, -0.15) is 0 Å². The first kappa shape index (κ1) is 19.1. The van der Waals surface area contributed by atoms with Crippen LogP contribution in [-0.4, -0.2) is 43.0 Å². The fourth-order valence-electron chi connectivity index (χ4n) is 3.32. The number of hydrogen-bond donors (Lipinski definition) is 2. The summed E-state index contributed by atoms with van der Waals surface area (Å²) in [4.78, 5) is 18.0. The molecule has 0 bridgehead atoms. The summed E-state index contributed by atoms with van der Waals surface area (Å²) in [6.07, 6.45) is 1.27. The Morgan fingerprint density at radius 3 is 2.72 bits per heavy atom. The van der Waals surface area contributed by atoms with Crippen molar-refractivity contribution >= 4 is 11.9 Å². The molecule has 0 radical (unpaired) electrons. The Morgan fingerprint density at radius 2 is 2.08 bits per heavy atom. The van der Waals surface area contributed by atoms with Crippen LogP contribution in [0.15, 0.2) is 29.3 Å². The second-order valence-corrected chi connectivity index (χ2v) is 6.92. The van der Waals surface area contributed by atoms with E-state index in [9.17, 15) is 4.79 Å². The number of hydrogen-bond acceptors (Lipinski definition) is 3. The Bertz CT molecular complexity index is 593. The van der Waals surface area contributed by atoms with Crippen LogP contribution in [0.5, 0.6) is 5.75 Å². The van der Waals surface area contributed by atoms with Crippen LogP contribution in [0.25, 0.3) is 0 Å². The van der Waals surface area contributed by atoms with Crippen molar-refractivity contribution in [2.45, 2.75) is 33.7 Å². The Labute approximate surface area is 150 Å². The molecular formula is C19H30N4O2. The zero-order valence-corrected chi connectivity index (χ0v) is 15.5. The molecule has 2 rings (SSSR count). The van der Waals surface area contributed by atoms with Gasteiger partial charge in [-0.1, -0.05) is 26.0 Å². The van der Waals surface area contributed by atoms with Crippen molar-refractivity contribution in [3.05, 3.63) is 29.8 Å². The number of nitrogens with zero attached hydrogens (tertiary/aromatic N) is 2. The van der Waals surface area contributed by atoms with Crippen molar-refractivity contribution in [2.75, 3.05) is 26.2 Å². The third-order valence-electron chi connectivity index (χ3n) is 4.19. The molecule has 0 aromatic heterocycles. The van der Waals surface area contributed by atoms with Gasteiger partial charge in [0.05, 0.1) is 6.54 Å². The minimum absolute atomic E-state index is 0.112. The van der Waals surface area contributed by atoms with Crippen LogP contribution in [0.2, 0.25) is 0 Å². The first-order valence-corrected chi connectivity index (χ1v) is 9.01. The van der Waals surface area contributed by atoms with E-state index < -0.39 is 5.91 Å². The third-order valence-corrected chi connectivity index (χ3v) is 4.19. The van der Waals surface area contributed by atoms with Crippen LogP contribution < -0.4 is 15.8 Å². The molecule has 1 aliphatic rings. The van der Waals surface area contributed by atoms with Gasteiger partial charge in [0.2, 0.25) is 0 Å². The van der Waals surface area contributed by atoms with Crippen molar-refractivity contribution in [1.82, 2.24) is 10.2 Å². The summed E-state index contributed by atoms with van der Waals surface area (Å²) in [6.45, 7) is 10.1. The van der Waals surface area contributed by atoms with E-state index in [1.54, 1.807) is 0 Å². The lowest BCUT2D eigenvalue weighted by Gasteiger charge is -2.37. The highest BCUT2D eigenvalue weighted by molar-refractivity contribution is 5.80. The molecule has 2 unspecified atom stereocenters. The molecule has 3 N–H and O–H groups in total. The second kappa shape index (κ2) is 9.30. The van der Waals surface area contributed by atoms with E-state index in [2.05, 4.69) is 31.0 Å². The lowest BCUT2D eigenvalue weighted by atomic mass is 9.92. The van der Waals surface area contributed by atoms with Gasteiger partial charge in [-0.25, -0.2) is 4.99 Å². The number of guanidine groups is 1. The van der Waals surface area contributed by atoms with Gasteiger partial charge in [-0.05, 0) is 42.9 Å². The average molecular weight is 346 g/mol. The number of nitrogens with one attached hydrogen (secondary N) is 1. The quantitative estimate of drug-likeness (QED) is 0.610. The Kier molecular flexibility index (Phi) is 7.10. The van der Waals surface area contributed by atoms with E-state index in [0.29, 0.717) is 24.1 Å². The minimum atomic E-state index is -0.480.